The fourth-order valence-electron chi connectivity index (χ4n) is 3.46. The molecular formula is C22H22FN3OS. The first-order valence-corrected chi connectivity index (χ1v) is 10.3. The fraction of sp³-hybridized carbons (Fsp3) is 0.273. The van der Waals surface area contributed by atoms with E-state index in [1.54, 1.807) is 23.9 Å². The molecular weight excluding hydrogens is 373 g/mol. The Hall–Kier alpha value is -2.44. The molecule has 144 valence electrons. The van der Waals surface area contributed by atoms with E-state index in [9.17, 15) is 9.18 Å². The van der Waals surface area contributed by atoms with Crippen LogP contribution in [0.3, 0.4) is 0 Å². The summed E-state index contributed by atoms with van der Waals surface area (Å²) >= 11 is 1.56. The highest BCUT2D eigenvalue weighted by atomic mass is 32.2. The average molecular weight is 396 g/mol. The van der Waals surface area contributed by atoms with Crippen molar-refractivity contribution in [3.63, 3.8) is 0 Å². The van der Waals surface area contributed by atoms with Crippen molar-refractivity contribution in [2.24, 2.45) is 0 Å². The summed E-state index contributed by atoms with van der Waals surface area (Å²) in [4.78, 5) is 22.4. The number of nitrogens with one attached hydrogen (secondary N) is 1. The highest BCUT2D eigenvalue weighted by molar-refractivity contribution is 7.98. The number of fused-ring (bicyclic) bond motifs is 1. The van der Waals surface area contributed by atoms with Crippen LogP contribution in [0.1, 0.15) is 27.9 Å². The van der Waals surface area contributed by atoms with E-state index in [0.717, 1.165) is 35.5 Å². The van der Waals surface area contributed by atoms with Crippen molar-refractivity contribution in [2.75, 3.05) is 6.54 Å². The van der Waals surface area contributed by atoms with Crippen LogP contribution in [0.4, 0.5) is 4.39 Å². The number of hydrogen-bond donors (Lipinski definition) is 1. The van der Waals surface area contributed by atoms with Gasteiger partial charge in [0.1, 0.15) is 5.82 Å². The molecule has 1 aliphatic rings. The molecule has 0 amide bonds. The average Bonchev–Trinajstić information content (AvgIpc) is 2.69. The minimum Gasteiger partial charge on any atom is -0.301 e. The van der Waals surface area contributed by atoms with E-state index < -0.39 is 0 Å². The van der Waals surface area contributed by atoms with E-state index in [2.05, 4.69) is 35.0 Å². The Kier molecular flexibility index (Phi) is 5.59. The van der Waals surface area contributed by atoms with Crippen molar-refractivity contribution < 1.29 is 4.39 Å². The van der Waals surface area contributed by atoms with Crippen LogP contribution in [-0.2, 0) is 25.3 Å². The molecule has 28 heavy (non-hydrogen) atoms. The van der Waals surface area contributed by atoms with Gasteiger partial charge in [0.25, 0.3) is 5.56 Å². The monoisotopic (exact) mass is 395 g/mol. The smallest absolute Gasteiger partial charge is 0.256 e. The van der Waals surface area contributed by atoms with E-state index in [-0.39, 0.29) is 11.4 Å². The molecule has 0 aliphatic carbocycles. The molecule has 6 heteroatoms. The normalized spacial score (nSPS) is 14.1. The molecule has 4 nitrogen and oxygen atoms in total. The van der Waals surface area contributed by atoms with Crippen molar-refractivity contribution in [3.8, 4) is 0 Å². The van der Waals surface area contributed by atoms with E-state index in [1.165, 1.54) is 23.3 Å². The van der Waals surface area contributed by atoms with Gasteiger partial charge in [0, 0.05) is 31.8 Å². The number of aryl methyl sites for hydroxylation is 1. The van der Waals surface area contributed by atoms with Gasteiger partial charge in [0.15, 0.2) is 5.16 Å². The van der Waals surface area contributed by atoms with Crippen LogP contribution in [0, 0.1) is 12.7 Å². The lowest BCUT2D eigenvalue weighted by Crippen LogP contribution is -2.35. The van der Waals surface area contributed by atoms with E-state index in [4.69, 9.17) is 4.98 Å². The summed E-state index contributed by atoms with van der Waals surface area (Å²) in [5.74, 6) is 0.546. The molecule has 0 atom stereocenters. The van der Waals surface area contributed by atoms with Crippen LogP contribution >= 0.6 is 11.8 Å². The van der Waals surface area contributed by atoms with Gasteiger partial charge in [-0.2, -0.15) is 0 Å². The first kappa shape index (κ1) is 18.9. The summed E-state index contributed by atoms with van der Waals surface area (Å²) in [7, 11) is 0. The molecule has 2 aromatic carbocycles. The summed E-state index contributed by atoms with van der Waals surface area (Å²) < 4.78 is 13.1. The molecule has 1 N–H and O–H groups in total. The summed E-state index contributed by atoms with van der Waals surface area (Å²) in [6.45, 7) is 4.18. The number of benzene rings is 2. The quantitative estimate of drug-likeness (QED) is 0.523. The van der Waals surface area contributed by atoms with Gasteiger partial charge in [0.2, 0.25) is 0 Å². The molecule has 0 unspecified atom stereocenters. The molecule has 4 rings (SSSR count). The van der Waals surface area contributed by atoms with Crippen LogP contribution < -0.4 is 5.56 Å². The second-order valence-electron chi connectivity index (χ2n) is 7.16. The van der Waals surface area contributed by atoms with E-state index >= 15 is 0 Å². The number of nitrogens with zero attached hydrogens (tertiary/aromatic N) is 2. The standard InChI is InChI=1S/C22H22FN3OS/c1-15-3-2-4-17(11-15)14-28-22-24-20-9-10-26(13-19(20)21(27)25-22)12-16-5-7-18(23)8-6-16/h2-8,11H,9-10,12-14H2,1H3,(H,24,25,27). The summed E-state index contributed by atoms with van der Waals surface area (Å²) in [5, 5.41) is 0.678. The van der Waals surface area contributed by atoms with Crippen LogP contribution in [0.15, 0.2) is 58.5 Å². The van der Waals surface area contributed by atoms with Gasteiger partial charge in [-0.1, -0.05) is 53.7 Å². The Morgan fingerprint density at radius 3 is 2.79 bits per heavy atom. The zero-order valence-corrected chi connectivity index (χ0v) is 16.6. The molecule has 1 aromatic heterocycles. The number of aromatic amines is 1. The first-order valence-electron chi connectivity index (χ1n) is 9.34. The molecule has 0 saturated heterocycles. The number of aromatic nitrogens is 2. The van der Waals surface area contributed by atoms with Gasteiger partial charge >= 0.3 is 0 Å². The molecule has 0 saturated carbocycles. The molecule has 0 radical (unpaired) electrons. The third-order valence-corrected chi connectivity index (χ3v) is 5.85. The Balaban J connectivity index is 1.44. The lowest BCUT2D eigenvalue weighted by molar-refractivity contribution is 0.241. The third kappa shape index (κ3) is 4.51. The summed E-state index contributed by atoms with van der Waals surface area (Å²) in [6, 6.07) is 14.9. The van der Waals surface area contributed by atoms with E-state index in [1.807, 2.05) is 6.07 Å². The zero-order chi connectivity index (χ0) is 19.5. The molecule has 0 fully saturated rings. The summed E-state index contributed by atoms with van der Waals surface area (Å²) in [5.41, 5.74) is 5.07. The maximum absolute atomic E-state index is 13.1. The van der Waals surface area contributed by atoms with Crippen molar-refractivity contribution in [1.29, 1.82) is 0 Å². The predicted molar refractivity (Wildman–Crippen MR) is 110 cm³/mol. The molecule has 3 aromatic rings. The van der Waals surface area contributed by atoms with Crippen molar-refractivity contribution >= 4 is 11.8 Å². The van der Waals surface area contributed by atoms with Gasteiger partial charge in [0.05, 0.1) is 11.3 Å². The third-order valence-electron chi connectivity index (χ3n) is 4.90. The number of hydrogen-bond acceptors (Lipinski definition) is 4. The van der Waals surface area contributed by atoms with Gasteiger partial charge in [-0.15, -0.1) is 0 Å². The van der Waals surface area contributed by atoms with Gasteiger partial charge in [-0.3, -0.25) is 9.69 Å². The second kappa shape index (κ2) is 8.29. The lowest BCUT2D eigenvalue weighted by atomic mass is 10.1. The highest BCUT2D eigenvalue weighted by Crippen LogP contribution is 2.22. The number of rotatable bonds is 5. The first-order chi connectivity index (χ1) is 13.6. The van der Waals surface area contributed by atoms with Crippen LogP contribution in [0.5, 0.6) is 0 Å². The molecule has 1 aliphatic heterocycles. The Bertz CT molecular complexity index is 1030. The van der Waals surface area contributed by atoms with Crippen LogP contribution in [0.25, 0.3) is 0 Å². The largest absolute Gasteiger partial charge is 0.301 e. The van der Waals surface area contributed by atoms with Crippen LogP contribution in [0.2, 0.25) is 0 Å². The van der Waals surface area contributed by atoms with Crippen molar-refractivity contribution in [1.82, 2.24) is 14.9 Å². The van der Waals surface area contributed by atoms with E-state index in [0.29, 0.717) is 18.2 Å². The molecule has 0 spiro atoms. The second-order valence-corrected chi connectivity index (χ2v) is 8.13. The van der Waals surface area contributed by atoms with Gasteiger partial charge in [-0.25, -0.2) is 9.37 Å². The Morgan fingerprint density at radius 1 is 1.18 bits per heavy atom. The van der Waals surface area contributed by atoms with Crippen molar-refractivity contribution in [3.05, 3.63) is 92.6 Å². The predicted octanol–water partition coefficient (Wildman–Crippen LogP) is 4.07. The fourth-order valence-corrected chi connectivity index (χ4v) is 4.29. The van der Waals surface area contributed by atoms with Crippen LogP contribution in [-0.4, -0.2) is 21.4 Å². The Morgan fingerprint density at radius 2 is 2.00 bits per heavy atom. The minimum atomic E-state index is -0.232. The topological polar surface area (TPSA) is 49.0 Å². The number of H-pyrrole nitrogens is 1. The number of thioether (sulfide) groups is 1. The maximum atomic E-state index is 13.1. The number of halogens is 1. The maximum Gasteiger partial charge on any atom is 0.256 e. The minimum absolute atomic E-state index is 0.0550. The van der Waals surface area contributed by atoms with Gasteiger partial charge < -0.3 is 4.98 Å². The Labute approximate surface area is 167 Å². The highest BCUT2D eigenvalue weighted by Gasteiger charge is 2.21. The summed E-state index contributed by atoms with van der Waals surface area (Å²) in [6.07, 6.45) is 0.748. The SMILES string of the molecule is Cc1cccc(CSc2nc3c(c(=O)[nH]2)CN(Cc2ccc(F)cc2)CC3)c1. The zero-order valence-electron chi connectivity index (χ0n) is 15.7. The molecule has 0 bridgehead atoms. The lowest BCUT2D eigenvalue weighted by Gasteiger charge is -2.27. The van der Waals surface area contributed by atoms with Gasteiger partial charge in [-0.05, 0) is 30.2 Å². The van der Waals surface area contributed by atoms with Crippen molar-refractivity contribution in [2.45, 2.75) is 37.3 Å². The molecule has 2 heterocycles.